The van der Waals surface area contributed by atoms with Crippen molar-refractivity contribution >= 4 is 33.2 Å². The summed E-state index contributed by atoms with van der Waals surface area (Å²) in [5, 5.41) is 3.19. The maximum Gasteiger partial charge on any atom is 0.246 e. The molecule has 4 heteroatoms. The zero-order chi connectivity index (χ0) is 14.7. The third kappa shape index (κ3) is 3.27. The molecule has 0 radical (unpaired) electrons. The molecule has 2 aromatic rings. The minimum Gasteiger partial charge on any atom is -0.376 e. The van der Waals surface area contributed by atoms with Crippen molar-refractivity contribution in [2.24, 2.45) is 0 Å². The molecule has 2 aromatic carbocycles. The zero-order valence-corrected chi connectivity index (χ0v) is 13.3. The molecule has 0 spiro atoms. The van der Waals surface area contributed by atoms with Crippen LogP contribution in [-0.2, 0) is 11.2 Å². The number of nitrogens with one attached hydrogen (secondary N) is 1. The van der Waals surface area contributed by atoms with Crippen LogP contribution in [0.3, 0.4) is 0 Å². The molecular weight excluding hydrogens is 328 g/mol. The lowest BCUT2D eigenvalue weighted by Crippen LogP contribution is -2.39. The number of halogens is 1. The molecule has 3 rings (SSSR count). The van der Waals surface area contributed by atoms with E-state index < -0.39 is 0 Å². The summed E-state index contributed by atoms with van der Waals surface area (Å²) in [7, 11) is 0. The van der Waals surface area contributed by atoms with Gasteiger partial charge in [0.05, 0.1) is 6.54 Å². The number of nitrogens with zero attached hydrogens (tertiary/aromatic N) is 1. The summed E-state index contributed by atoms with van der Waals surface area (Å²) in [6.07, 6.45) is 2.08. The number of anilines is 2. The molecule has 0 unspecified atom stereocenters. The second-order valence-corrected chi connectivity index (χ2v) is 6.05. The third-order valence-electron chi connectivity index (χ3n) is 3.70. The first-order valence-corrected chi connectivity index (χ1v) is 7.91. The van der Waals surface area contributed by atoms with E-state index >= 15 is 0 Å². The number of hydrogen-bond donors (Lipinski definition) is 1. The number of carbonyl (C=O) groups excluding carboxylic acids is 1. The largest absolute Gasteiger partial charge is 0.376 e. The number of benzene rings is 2. The first kappa shape index (κ1) is 14.1. The van der Waals surface area contributed by atoms with Gasteiger partial charge in [0.25, 0.3) is 0 Å². The molecule has 0 aromatic heterocycles. The van der Waals surface area contributed by atoms with Crippen LogP contribution in [0.4, 0.5) is 11.4 Å². The van der Waals surface area contributed by atoms with E-state index in [1.54, 1.807) is 0 Å². The van der Waals surface area contributed by atoms with Crippen LogP contribution in [0.2, 0.25) is 0 Å². The van der Waals surface area contributed by atoms with Crippen LogP contribution in [0, 0.1) is 0 Å². The van der Waals surface area contributed by atoms with E-state index in [4.69, 9.17) is 0 Å². The van der Waals surface area contributed by atoms with Gasteiger partial charge in [-0.15, -0.1) is 0 Å². The van der Waals surface area contributed by atoms with Gasteiger partial charge in [0.1, 0.15) is 0 Å². The molecule has 0 fully saturated rings. The number of rotatable bonds is 3. The molecule has 1 amide bonds. The van der Waals surface area contributed by atoms with Gasteiger partial charge in [-0.3, -0.25) is 4.79 Å². The van der Waals surface area contributed by atoms with E-state index in [0.717, 1.165) is 35.2 Å². The van der Waals surface area contributed by atoms with E-state index in [-0.39, 0.29) is 5.91 Å². The number of carbonyl (C=O) groups is 1. The van der Waals surface area contributed by atoms with Crippen LogP contribution >= 0.6 is 15.9 Å². The van der Waals surface area contributed by atoms with Gasteiger partial charge in [-0.05, 0) is 48.7 Å². The van der Waals surface area contributed by atoms with E-state index in [9.17, 15) is 4.79 Å². The van der Waals surface area contributed by atoms with Gasteiger partial charge in [-0.1, -0.05) is 34.1 Å². The summed E-state index contributed by atoms with van der Waals surface area (Å²) in [5.41, 5.74) is 3.28. The van der Waals surface area contributed by atoms with Crippen LogP contribution in [0.1, 0.15) is 12.0 Å². The molecule has 108 valence electrons. The molecular formula is C17H17BrN2O. The summed E-state index contributed by atoms with van der Waals surface area (Å²) < 4.78 is 1.03. The monoisotopic (exact) mass is 344 g/mol. The molecule has 21 heavy (non-hydrogen) atoms. The molecule has 1 aliphatic heterocycles. The van der Waals surface area contributed by atoms with Gasteiger partial charge >= 0.3 is 0 Å². The van der Waals surface area contributed by atoms with Gasteiger partial charge in [-0.25, -0.2) is 0 Å². The predicted molar refractivity (Wildman–Crippen MR) is 89.7 cm³/mol. The maximum atomic E-state index is 12.5. The summed E-state index contributed by atoms with van der Waals surface area (Å²) in [5.74, 6) is 0.116. The van der Waals surface area contributed by atoms with Gasteiger partial charge < -0.3 is 10.2 Å². The van der Waals surface area contributed by atoms with E-state index in [2.05, 4.69) is 27.3 Å². The fourth-order valence-corrected chi connectivity index (χ4v) is 2.90. The molecule has 1 aliphatic rings. The highest BCUT2D eigenvalue weighted by atomic mass is 79.9. The second-order valence-electron chi connectivity index (χ2n) is 5.14. The minimum atomic E-state index is 0.116. The van der Waals surface area contributed by atoms with Crippen molar-refractivity contribution in [3.63, 3.8) is 0 Å². The number of amides is 1. The van der Waals surface area contributed by atoms with E-state index in [1.807, 2.05) is 47.4 Å². The van der Waals surface area contributed by atoms with Gasteiger partial charge in [-0.2, -0.15) is 0 Å². The lowest BCUT2D eigenvalue weighted by molar-refractivity contribution is -0.117. The summed E-state index contributed by atoms with van der Waals surface area (Å²) in [6, 6.07) is 16.0. The summed E-state index contributed by atoms with van der Waals surface area (Å²) >= 11 is 3.40. The Morgan fingerprint density at radius 2 is 1.90 bits per heavy atom. The molecule has 1 N–H and O–H groups in total. The lowest BCUT2D eigenvalue weighted by atomic mass is 10.0. The number of fused-ring (bicyclic) bond motifs is 1. The number of para-hydroxylation sites is 1. The Morgan fingerprint density at radius 1 is 1.14 bits per heavy atom. The second kappa shape index (κ2) is 6.31. The van der Waals surface area contributed by atoms with Crippen molar-refractivity contribution in [1.82, 2.24) is 0 Å². The van der Waals surface area contributed by atoms with Crippen molar-refractivity contribution in [2.45, 2.75) is 12.8 Å². The van der Waals surface area contributed by atoms with Crippen molar-refractivity contribution in [3.8, 4) is 0 Å². The highest BCUT2D eigenvalue weighted by molar-refractivity contribution is 9.10. The molecule has 0 aliphatic carbocycles. The Balaban J connectivity index is 1.68. The maximum absolute atomic E-state index is 12.5. The molecule has 1 heterocycles. The first-order chi connectivity index (χ1) is 10.2. The average molecular weight is 345 g/mol. The average Bonchev–Trinajstić information content (AvgIpc) is 2.53. The fraction of sp³-hybridized carbons (Fsp3) is 0.235. The van der Waals surface area contributed by atoms with Crippen molar-refractivity contribution in [2.75, 3.05) is 23.3 Å². The fourth-order valence-electron chi connectivity index (χ4n) is 2.63. The molecule has 0 saturated heterocycles. The highest BCUT2D eigenvalue weighted by Crippen LogP contribution is 2.26. The van der Waals surface area contributed by atoms with Crippen molar-refractivity contribution in [3.05, 3.63) is 58.6 Å². The van der Waals surface area contributed by atoms with Gasteiger partial charge in [0, 0.05) is 22.4 Å². The topological polar surface area (TPSA) is 32.3 Å². The van der Waals surface area contributed by atoms with Crippen LogP contribution < -0.4 is 10.2 Å². The Hall–Kier alpha value is -1.81. The summed E-state index contributed by atoms with van der Waals surface area (Å²) in [6.45, 7) is 1.12. The number of aryl methyl sites for hydroxylation is 1. The number of hydrogen-bond acceptors (Lipinski definition) is 2. The van der Waals surface area contributed by atoms with Crippen LogP contribution in [0.25, 0.3) is 0 Å². The van der Waals surface area contributed by atoms with E-state index in [0.29, 0.717) is 6.54 Å². The van der Waals surface area contributed by atoms with E-state index in [1.165, 1.54) is 5.56 Å². The molecule has 3 nitrogen and oxygen atoms in total. The Kier molecular flexibility index (Phi) is 4.25. The quantitative estimate of drug-likeness (QED) is 0.917. The van der Waals surface area contributed by atoms with Crippen molar-refractivity contribution < 1.29 is 4.79 Å². The lowest BCUT2D eigenvalue weighted by Gasteiger charge is -2.29. The summed E-state index contributed by atoms with van der Waals surface area (Å²) in [4.78, 5) is 14.3. The van der Waals surface area contributed by atoms with Gasteiger partial charge in [0.15, 0.2) is 0 Å². The smallest absolute Gasteiger partial charge is 0.246 e. The predicted octanol–water partition coefficient (Wildman–Crippen LogP) is 3.84. The Labute approximate surface area is 133 Å². The van der Waals surface area contributed by atoms with Gasteiger partial charge in [0.2, 0.25) is 5.91 Å². The first-order valence-electron chi connectivity index (χ1n) is 7.12. The van der Waals surface area contributed by atoms with Crippen LogP contribution in [0.15, 0.2) is 53.0 Å². The standard InChI is InChI=1S/C17H17BrN2O/c18-14-7-9-15(10-8-14)19-12-17(21)20-11-3-5-13-4-1-2-6-16(13)20/h1-2,4,6-10,19H,3,5,11-12H2. The molecule has 0 saturated carbocycles. The van der Waals surface area contributed by atoms with Crippen LogP contribution in [-0.4, -0.2) is 19.0 Å². The Morgan fingerprint density at radius 3 is 2.71 bits per heavy atom. The molecule has 0 bridgehead atoms. The van der Waals surface area contributed by atoms with Crippen LogP contribution in [0.5, 0.6) is 0 Å². The SMILES string of the molecule is O=C(CNc1ccc(Br)cc1)N1CCCc2ccccc21. The Bertz CT molecular complexity index is 639. The van der Waals surface area contributed by atoms with Crippen molar-refractivity contribution in [1.29, 1.82) is 0 Å². The molecule has 0 atom stereocenters. The highest BCUT2D eigenvalue weighted by Gasteiger charge is 2.21. The minimum absolute atomic E-state index is 0.116. The normalized spacial score (nSPS) is 13.7. The third-order valence-corrected chi connectivity index (χ3v) is 4.23. The zero-order valence-electron chi connectivity index (χ0n) is 11.7.